The molecular formula is C24H39N3O7. The summed E-state index contributed by atoms with van der Waals surface area (Å²) in [5, 5.41) is 15.7. The second kappa shape index (κ2) is 9.93. The second-order valence-corrected chi connectivity index (χ2v) is 11.1. The van der Waals surface area contributed by atoms with Crippen molar-refractivity contribution in [3.05, 3.63) is 12.7 Å². The Hall–Kier alpha value is -2.62. The van der Waals surface area contributed by atoms with Gasteiger partial charge < -0.3 is 30.1 Å². The lowest BCUT2D eigenvalue weighted by molar-refractivity contribution is -0.150. The van der Waals surface area contributed by atoms with Gasteiger partial charge in [0.05, 0.1) is 12.7 Å². The number of nitrogens with zero attached hydrogens (tertiary/aromatic N) is 1. The number of β-amino-alcohol motifs (C(OH)–C–C–N with tert-alkyl or cyclic N) is 1. The van der Waals surface area contributed by atoms with Gasteiger partial charge in [-0.05, 0) is 39.5 Å². The SMILES string of the molecule is C=C[C@@H]1C[C@]1(NC(=O)[C@@H]1C[C@H](O)CN1C(=O)[C@H](NC(=O)OC(C)(C)C)C(C)(C)C)C(=O)OCC. The zero-order chi connectivity index (χ0) is 26.1. The number of amides is 3. The fourth-order valence-electron chi connectivity index (χ4n) is 4.11. The number of rotatable bonds is 7. The van der Waals surface area contributed by atoms with E-state index in [9.17, 15) is 24.3 Å². The lowest BCUT2D eigenvalue weighted by Gasteiger charge is -2.36. The molecular weight excluding hydrogens is 442 g/mol. The van der Waals surface area contributed by atoms with Crippen molar-refractivity contribution in [2.45, 2.75) is 90.6 Å². The largest absolute Gasteiger partial charge is 0.464 e. The van der Waals surface area contributed by atoms with Crippen LogP contribution in [0.5, 0.6) is 0 Å². The molecule has 1 saturated heterocycles. The van der Waals surface area contributed by atoms with Crippen LogP contribution >= 0.6 is 0 Å². The summed E-state index contributed by atoms with van der Waals surface area (Å²) in [5.74, 6) is -1.91. The Kier molecular flexibility index (Phi) is 8.07. The number of alkyl carbamates (subject to hydrolysis) is 1. The maximum absolute atomic E-state index is 13.5. The summed E-state index contributed by atoms with van der Waals surface area (Å²) in [6.45, 7) is 16.0. The molecule has 0 aromatic heterocycles. The standard InChI is InChI=1S/C24H39N3O7/c1-9-14-12-24(14,20(31)33-10-2)26-18(29)16-11-15(28)13-27(16)19(30)17(22(3,4)5)25-21(32)34-23(6,7)8/h9,14-17,28H,1,10-13H2,2-8H3,(H,25,32)(H,26,29)/t14-,15+,16+,17+,24-/m1/s1. The zero-order valence-electron chi connectivity index (χ0n) is 21.3. The van der Waals surface area contributed by atoms with Crippen molar-refractivity contribution in [1.29, 1.82) is 0 Å². The van der Waals surface area contributed by atoms with Crippen LogP contribution in [0.2, 0.25) is 0 Å². The van der Waals surface area contributed by atoms with Crippen molar-refractivity contribution in [1.82, 2.24) is 15.5 Å². The van der Waals surface area contributed by atoms with E-state index in [1.807, 2.05) is 0 Å². The van der Waals surface area contributed by atoms with E-state index in [0.29, 0.717) is 6.42 Å². The van der Waals surface area contributed by atoms with Crippen LogP contribution in [0.4, 0.5) is 4.79 Å². The Balaban J connectivity index is 2.24. The molecule has 1 saturated carbocycles. The Morgan fingerprint density at radius 2 is 1.82 bits per heavy atom. The van der Waals surface area contributed by atoms with Crippen LogP contribution in [0.25, 0.3) is 0 Å². The van der Waals surface area contributed by atoms with Gasteiger partial charge in [-0.3, -0.25) is 9.59 Å². The van der Waals surface area contributed by atoms with Gasteiger partial charge in [0.25, 0.3) is 0 Å². The third kappa shape index (κ3) is 6.28. The van der Waals surface area contributed by atoms with Gasteiger partial charge in [0.2, 0.25) is 11.8 Å². The number of likely N-dealkylation sites (tertiary alicyclic amines) is 1. The highest BCUT2D eigenvalue weighted by molar-refractivity contribution is 5.96. The number of hydrogen-bond acceptors (Lipinski definition) is 7. The van der Waals surface area contributed by atoms with Gasteiger partial charge >= 0.3 is 12.1 Å². The fraction of sp³-hybridized carbons (Fsp3) is 0.750. The van der Waals surface area contributed by atoms with E-state index in [2.05, 4.69) is 17.2 Å². The lowest BCUT2D eigenvalue weighted by atomic mass is 9.85. The molecule has 34 heavy (non-hydrogen) atoms. The van der Waals surface area contributed by atoms with Crippen molar-refractivity contribution in [3.8, 4) is 0 Å². The number of aliphatic hydroxyl groups excluding tert-OH is 1. The molecule has 10 heteroatoms. The van der Waals surface area contributed by atoms with E-state index in [1.165, 1.54) is 4.90 Å². The van der Waals surface area contributed by atoms with Gasteiger partial charge in [-0.2, -0.15) is 0 Å². The van der Waals surface area contributed by atoms with Crippen LogP contribution in [0.15, 0.2) is 12.7 Å². The van der Waals surface area contributed by atoms with Gasteiger partial charge in [0, 0.05) is 18.9 Å². The van der Waals surface area contributed by atoms with Crippen LogP contribution < -0.4 is 10.6 Å². The molecule has 2 fully saturated rings. The number of hydrogen-bond donors (Lipinski definition) is 3. The first-order chi connectivity index (χ1) is 15.6. The van der Waals surface area contributed by atoms with Crippen molar-refractivity contribution in [2.24, 2.45) is 11.3 Å². The van der Waals surface area contributed by atoms with Crippen LogP contribution in [-0.2, 0) is 23.9 Å². The minimum atomic E-state index is -1.21. The molecule has 0 radical (unpaired) electrons. The highest BCUT2D eigenvalue weighted by Gasteiger charge is 2.62. The average molecular weight is 482 g/mol. The number of nitrogens with one attached hydrogen (secondary N) is 2. The molecule has 0 aromatic rings. The van der Waals surface area contributed by atoms with Crippen molar-refractivity contribution in [3.63, 3.8) is 0 Å². The molecule has 1 aliphatic carbocycles. The Labute approximate surface area is 201 Å². The first kappa shape index (κ1) is 27.6. The molecule has 0 bridgehead atoms. The molecule has 1 heterocycles. The minimum Gasteiger partial charge on any atom is -0.464 e. The topological polar surface area (TPSA) is 134 Å². The fourth-order valence-corrected chi connectivity index (χ4v) is 4.11. The third-order valence-corrected chi connectivity index (χ3v) is 5.92. The van der Waals surface area contributed by atoms with E-state index in [-0.39, 0.29) is 25.5 Å². The number of esters is 1. The minimum absolute atomic E-state index is 0.0124. The molecule has 5 atom stereocenters. The number of aliphatic hydroxyl groups is 1. The van der Waals surface area contributed by atoms with Crippen LogP contribution in [0.3, 0.4) is 0 Å². The van der Waals surface area contributed by atoms with E-state index >= 15 is 0 Å². The Bertz CT molecular complexity index is 829. The summed E-state index contributed by atoms with van der Waals surface area (Å²) in [5.41, 5.74) is -2.68. The summed E-state index contributed by atoms with van der Waals surface area (Å²) in [6, 6.07) is -2.02. The third-order valence-electron chi connectivity index (χ3n) is 5.92. The molecule has 0 spiro atoms. The van der Waals surface area contributed by atoms with Gasteiger partial charge in [-0.25, -0.2) is 9.59 Å². The molecule has 2 aliphatic rings. The van der Waals surface area contributed by atoms with Crippen molar-refractivity contribution < 1.29 is 33.8 Å². The Morgan fingerprint density at radius 1 is 1.21 bits per heavy atom. The van der Waals surface area contributed by atoms with Crippen molar-refractivity contribution >= 4 is 23.9 Å². The first-order valence-corrected chi connectivity index (χ1v) is 11.7. The van der Waals surface area contributed by atoms with Crippen LogP contribution in [-0.4, -0.2) is 76.4 Å². The van der Waals surface area contributed by atoms with Gasteiger partial charge in [0.15, 0.2) is 0 Å². The maximum Gasteiger partial charge on any atom is 0.408 e. The molecule has 10 nitrogen and oxygen atoms in total. The highest BCUT2D eigenvalue weighted by atomic mass is 16.6. The van der Waals surface area contributed by atoms with Crippen LogP contribution in [0.1, 0.15) is 61.3 Å². The molecule has 0 unspecified atom stereocenters. The Morgan fingerprint density at radius 3 is 2.29 bits per heavy atom. The van der Waals surface area contributed by atoms with E-state index < -0.39 is 58.6 Å². The predicted molar refractivity (Wildman–Crippen MR) is 125 cm³/mol. The quantitative estimate of drug-likeness (QED) is 0.371. The average Bonchev–Trinajstić information content (AvgIpc) is 3.26. The summed E-state index contributed by atoms with van der Waals surface area (Å²) in [7, 11) is 0. The summed E-state index contributed by atoms with van der Waals surface area (Å²) in [4.78, 5) is 53.0. The monoisotopic (exact) mass is 481 g/mol. The second-order valence-electron chi connectivity index (χ2n) is 11.1. The normalized spacial score (nSPS) is 27.4. The van der Waals surface area contributed by atoms with Crippen LogP contribution in [0, 0.1) is 11.3 Å². The molecule has 2 rings (SSSR count). The molecule has 0 aromatic carbocycles. The zero-order valence-corrected chi connectivity index (χ0v) is 21.3. The molecule has 1 aliphatic heterocycles. The summed E-state index contributed by atoms with van der Waals surface area (Å²) < 4.78 is 10.4. The van der Waals surface area contributed by atoms with Crippen molar-refractivity contribution in [2.75, 3.05) is 13.2 Å². The smallest absolute Gasteiger partial charge is 0.408 e. The number of ether oxygens (including phenoxy) is 2. The van der Waals surface area contributed by atoms with Gasteiger partial charge in [-0.15, -0.1) is 6.58 Å². The summed E-state index contributed by atoms with van der Waals surface area (Å²) in [6.07, 6.45) is 0.280. The predicted octanol–water partition coefficient (Wildman–Crippen LogP) is 1.51. The summed E-state index contributed by atoms with van der Waals surface area (Å²) >= 11 is 0. The first-order valence-electron chi connectivity index (χ1n) is 11.7. The van der Waals surface area contributed by atoms with Gasteiger partial charge in [-0.1, -0.05) is 26.8 Å². The van der Waals surface area contributed by atoms with E-state index in [1.54, 1.807) is 54.5 Å². The molecule has 192 valence electrons. The van der Waals surface area contributed by atoms with E-state index in [4.69, 9.17) is 9.47 Å². The number of carbonyl (C=O) groups is 4. The molecule has 3 N–H and O–H groups in total. The molecule has 3 amide bonds. The maximum atomic E-state index is 13.5. The number of carbonyl (C=O) groups excluding carboxylic acids is 4. The lowest BCUT2D eigenvalue weighted by Crippen LogP contribution is -2.59. The highest BCUT2D eigenvalue weighted by Crippen LogP contribution is 2.45. The van der Waals surface area contributed by atoms with Gasteiger partial charge in [0.1, 0.15) is 23.2 Å². The van der Waals surface area contributed by atoms with E-state index in [0.717, 1.165) is 0 Å².